The fraction of sp³-hybridized carbons (Fsp3) is 0.235. The molecular weight excluding hydrogens is 306 g/mol. The molecule has 5 nitrogen and oxygen atoms in total. The number of fused-ring (bicyclic) bond motifs is 4. The molecule has 114 valence electrons. The van der Waals surface area contributed by atoms with Gasteiger partial charge in [0, 0.05) is 23.0 Å². The highest BCUT2D eigenvalue weighted by atomic mass is 32.1. The molecule has 0 atom stereocenters. The van der Waals surface area contributed by atoms with Crippen molar-refractivity contribution in [3.8, 4) is 0 Å². The van der Waals surface area contributed by atoms with E-state index in [4.69, 9.17) is 0 Å². The number of rotatable bonds is 2. The van der Waals surface area contributed by atoms with Crippen LogP contribution in [0.15, 0.2) is 36.9 Å². The molecule has 0 amide bonds. The van der Waals surface area contributed by atoms with Crippen molar-refractivity contribution in [1.29, 1.82) is 0 Å². The first-order valence-electron chi connectivity index (χ1n) is 7.84. The highest BCUT2D eigenvalue weighted by molar-refractivity contribution is 7.19. The normalized spacial score (nSPS) is 14.3. The second kappa shape index (κ2) is 5.03. The molecular formula is C17H15N5S. The number of aryl methyl sites for hydroxylation is 2. The zero-order valence-corrected chi connectivity index (χ0v) is 13.3. The van der Waals surface area contributed by atoms with Crippen LogP contribution >= 0.6 is 11.3 Å². The van der Waals surface area contributed by atoms with Gasteiger partial charge in [0.2, 0.25) is 0 Å². The Morgan fingerprint density at radius 1 is 1.13 bits per heavy atom. The molecule has 0 bridgehead atoms. The lowest BCUT2D eigenvalue weighted by atomic mass is 9.97. The Balaban J connectivity index is 1.63. The molecule has 0 unspecified atom stereocenters. The van der Waals surface area contributed by atoms with Crippen molar-refractivity contribution >= 4 is 38.6 Å². The predicted octanol–water partition coefficient (Wildman–Crippen LogP) is 3.96. The Morgan fingerprint density at radius 3 is 3.09 bits per heavy atom. The molecule has 0 saturated heterocycles. The van der Waals surface area contributed by atoms with Crippen LogP contribution in [0.5, 0.6) is 0 Å². The van der Waals surface area contributed by atoms with E-state index in [1.54, 1.807) is 12.5 Å². The molecule has 1 aliphatic rings. The molecule has 0 aromatic carbocycles. The quantitative estimate of drug-likeness (QED) is 0.607. The van der Waals surface area contributed by atoms with Gasteiger partial charge in [0.25, 0.3) is 0 Å². The van der Waals surface area contributed by atoms with E-state index in [0.717, 1.165) is 28.3 Å². The summed E-state index contributed by atoms with van der Waals surface area (Å²) >= 11 is 1.82. The number of pyridine rings is 1. The van der Waals surface area contributed by atoms with E-state index in [-0.39, 0.29) is 0 Å². The number of aromatic nitrogens is 4. The minimum Gasteiger partial charge on any atom is -0.339 e. The van der Waals surface area contributed by atoms with E-state index < -0.39 is 0 Å². The van der Waals surface area contributed by atoms with Crippen LogP contribution in [-0.4, -0.2) is 19.6 Å². The number of anilines is 2. The second-order valence-electron chi connectivity index (χ2n) is 5.85. The van der Waals surface area contributed by atoms with Crippen LogP contribution in [0.25, 0.3) is 15.7 Å². The lowest BCUT2D eigenvalue weighted by molar-refractivity contribution is 0.700. The Kier molecular flexibility index (Phi) is 2.84. The smallest absolute Gasteiger partial charge is 0.142 e. The molecule has 4 heterocycles. The molecule has 1 N–H and O–H groups in total. The van der Waals surface area contributed by atoms with Crippen molar-refractivity contribution in [3.63, 3.8) is 0 Å². The highest BCUT2D eigenvalue weighted by Gasteiger charge is 2.19. The molecule has 5 rings (SSSR count). The molecule has 6 heteroatoms. The van der Waals surface area contributed by atoms with Crippen LogP contribution in [0.2, 0.25) is 0 Å². The van der Waals surface area contributed by atoms with E-state index in [0.29, 0.717) is 0 Å². The van der Waals surface area contributed by atoms with E-state index in [2.05, 4.69) is 26.4 Å². The summed E-state index contributed by atoms with van der Waals surface area (Å²) in [7, 11) is 0. The summed E-state index contributed by atoms with van der Waals surface area (Å²) in [5.41, 5.74) is 3.53. The Labute approximate surface area is 137 Å². The molecule has 4 aromatic rings. The van der Waals surface area contributed by atoms with Gasteiger partial charge in [-0.15, -0.1) is 11.3 Å². The van der Waals surface area contributed by atoms with Gasteiger partial charge in [0.1, 0.15) is 17.0 Å². The monoisotopic (exact) mass is 321 g/mol. The molecule has 0 saturated carbocycles. The maximum absolute atomic E-state index is 4.51. The molecule has 4 aromatic heterocycles. The van der Waals surface area contributed by atoms with Crippen LogP contribution in [0, 0.1) is 0 Å². The first-order chi connectivity index (χ1) is 11.4. The summed E-state index contributed by atoms with van der Waals surface area (Å²) in [5.74, 6) is 0.915. The van der Waals surface area contributed by atoms with Gasteiger partial charge in [-0.1, -0.05) is 0 Å². The van der Waals surface area contributed by atoms with Crippen LogP contribution in [-0.2, 0) is 12.8 Å². The summed E-state index contributed by atoms with van der Waals surface area (Å²) in [4.78, 5) is 11.6. The summed E-state index contributed by atoms with van der Waals surface area (Å²) in [6.45, 7) is 0. The first-order valence-corrected chi connectivity index (χ1v) is 8.66. The van der Waals surface area contributed by atoms with Gasteiger partial charge in [-0.05, 0) is 49.4 Å². The first kappa shape index (κ1) is 13.0. The molecule has 23 heavy (non-hydrogen) atoms. The van der Waals surface area contributed by atoms with Crippen LogP contribution in [0.3, 0.4) is 0 Å². The number of nitrogens with zero attached hydrogens (tertiary/aromatic N) is 4. The Hall–Kier alpha value is -2.47. The third-order valence-electron chi connectivity index (χ3n) is 4.41. The maximum Gasteiger partial charge on any atom is 0.142 e. The van der Waals surface area contributed by atoms with Crippen molar-refractivity contribution in [2.75, 3.05) is 5.32 Å². The van der Waals surface area contributed by atoms with Crippen molar-refractivity contribution in [2.24, 2.45) is 0 Å². The molecule has 0 radical (unpaired) electrons. The van der Waals surface area contributed by atoms with Gasteiger partial charge in [-0.3, -0.25) is 0 Å². The van der Waals surface area contributed by atoms with Gasteiger partial charge in [0.05, 0.1) is 10.9 Å². The van der Waals surface area contributed by atoms with E-state index in [1.165, 1.54) is 35.1 Å². The third kappa shape index (κ3) is 2.09. The zero-order chi connectivity index (χ0) is 15.2. The lowest BCUT2D eigenvalue weighted by Crippen LogP contribution is -2.01. The van der Waals surface area contributed by atoms with Gasteiger partial charge in [0.15, 0.2) is 0 Å². The van der Waals surface area contributed by atoms with E-state index >= 15 is 0 Å². The van der Waals surface area contributed by atoms with Gasteiger partial charge >= 0.3 is 0 Å². The number of thiophene rings is 1. The molecule has 1 aliphatic carbocycles. The van der Waals surface area contributed by atoms with Crippen molar-refractivity contribution < 1.29 is 0 Å². The van der Waals surface area contributed by atoms with Gasteiger partial charge < -0.3 is 5.32 Å². The lowest BCUT2D eigenvalue weighted by Gasteiger charge is -2.12. The maximum atomic E-state index is 4.51. The zero-order valence-electron chi connectivity index (χ0n) is 12.5. The third-order valence-corrected chi connectivity index (χ3v) is 5.61. The Morgan fingerprint density at radius 2 is 2.09 bits per heavy atom. The minimum atomic E-state index is 0.915. The average molecular weight is 321 g/mol. The van der Waals surface area contributed by atoms with E-state index in [1.807, 2.05) is 34.2 Å². The van der Waals surface area contributed by atoms with Crippen LogP contribution < -0.4 is 5.32 Å². The average Bonchev–Trinajstić information content (AvgIpc) is 3.18. The highest BCUT2D eigenvalue weighted by Crippen LogP contribution is 2.38. The fourth-order valence-corrected chi connectivity index (χ4v) is 4.55. The van der Waals surface area contributed by atoms with Gasteiger partial charge in [-0.2, -0.15) is 5.10 Å². The second-order valence-corrected chi connectivity index (χ2v) is 6.94. The van der Waals surface area contributed by atoms with Crippen molar-refractivity contribution in [3.05, 3.63) is 47.4 Å². The predicted molar refractivity (Wildman–Crippen MR) is 92.5 cm³/mol. The largest absolute Gasteiger partial charge is 0.339 e. The topological polar surface area (TPSA) is 55.1 Å². The summed E-state index contributed by atoms with van der Waals surface area (Å²) in [6.07, 6.45) is 10.3. The summed E-state index contributed by atoms with van der Waals surface area (Å²) < 4.78 is 1.85. The van der Waals surface area contributed by atoms with Crippen molar-refractivity contribution in [1.82, 2.24) is 19.6 Å². The van der Waals surface area contributed by atoms with E-state index in [9.17, 15) is 0 Å². The minimum absolute atomic E-state index is 0.915. The molecule has 0 spiro atoms. The van der Waals surface area contributed by atoms with Crippen molar-refractivity contribution in [2.45, 2.75) is 25.7 Å². The van der Waals surface area contributed by atoms with Gasteiger partial charge in [-0.25, -0.2) is 14.5 Å². The standard InChI is InChI=1S/C17H15N5S/c1-2-4-14-13(3-1)15-16(18-10-19-17(15)23-14)21-11-6-8-22-12(9-11)5-7-20-22/h5-10H,1-4H2,(H,18,19,21). The SMILES string of the molecule is c1nc(Nc2ccn3nccc3c2)c2c3c(sc2n1)CCCC3. The summed E-state index contributed by atoms with van der Waals surface area (Å²) in [6, 6.07) is 6.10. The molecule has 0 fully saturated rings. The fourth-order valence-electron chi connectivity index (χ4n) is 3.32. The number of nitrogens with one attached hydrogen (secondary N) is 1. The summed E-state index contributed by atoms with van der Waals surface area (Å²) in [5, 5.41) is 8.92. The number of hydrogen-bond donors (Lipinski definition) is 1. The Bertz CT molecular complexity index is 1020. The number of hydrogen-bond acceptors (Lipinski definition) is 5. The van der Waals surface area contributed by atoms with Crippen LogP contribution in [0.1, 0.15) is 23.3 Å². The van der Waals surface area contributed by atoms with Crippen LogP contribution in [0.4, 0.5) is 11.5 Å². The molecule has 0 aliphatic heterocycles.